The van der Waals surface area contributed by atoms with E-state index in [2.05, 4.69) is 14.9 Å². The number of ether oxygens (including phenoxy) is 1. The number of aromatic nitrogens is 1. The highest BCUT2D eigenvalue weighted by Gasteiger charge is 2.33. The van der Waals surface area contributed by atoms with Crippen molar-refractivity contribution >= 4 is 39.2 Å². The Morgan fingerprint density at radius 2 is 2.06 bits per heavy atom. The van der Waals surface area contributed by atoms with Crippen LogP contribution in [0.2, 0.25) is 0 Å². The van der Waals surface area contributed by atoms with Gasteiger partial charge in [0.25, 0.3) is 15.9 Å². The summed E-state index contributed by atoms with van der Waals surface area (Å²) >= 11 is 0. The lowest BCUT2D eigenvalue weighted by Gasteiger charge is -2.29. The zero-order chi connectivity index (χ0) is 22.9. The van der Waals surface area contributed by atoms with Crippen molar-refractivity contribution in [1.82, 2.24) is 5.16 Å². The number of amides is 1. The third-order valence-electron chi connectivity index (χ3n) is 5.38. The highest BCUT2D eigenvalue weighted by Crippen LogP contribution is 2.35. The lowest BCUT2D eigenvalue weighted by Crippen LogP contribution is -2.35. The first kappa shape index (κ1) is 22.0. The number of carbonyl (C=O) groups excluding carboxylic acids is 2. The van der Waals surface area contributed by atoms with Crippen molar-refractivity contribution in [2.24, 2.45) is 4.40 Å². The summed E-state index contributed by atoms with van der Waals surface area (Å²) in [7, 11) is -3.93. The molecule has 3 heterocycles. The molecule has 2 aliphatic rings. The number of anilines is 2. The molecule has 10 nitrogen and oxygen atoms in total. The summed E-state index contributed by atoms with van der Waals surface area (Å²) in [6.45, 7) is 4.05. The van der Waals surface area contributed by atoms with Gasteiger partial charge in [0.2, 0.25) is 0 Å². The zero-order valence-corrected chi connectivity index (χ0v) is 18.6. The van der Waals surface area contributed by atoms with Crippen molar-refractivity contribution in [3.63, 3.8) is 0 Å². The first-order valence-electron chi connectivity index (χ1n) is 10.5. The van der Waals surface area contributed by atoms with Crippen molar-refractivity contribution in [2.75, 3.05) is 16.8 Å². The lowest BCUT2D eigenvalue weighted by molar-refractivity contribution is -0.124. The fourth-order valence-electron chi connectivity index (χ4n) is 3.76. The van der Waals surface area contributed by atoms with Gasteiger partial charge in [-0.3, -0.25) is 4.79 Å². The molecule has 1 N–H and O–H groups in total. The Labute approximate surface area is 185 Å². The van der Waals surface area contributed by atoms with Crippen LogP contribution >= 0.6 is 0 Å². The predicted molar refractivity (Wildman–Crippen MR) is 116 cm³/mol. The van der Waals surface area contributed by atoms with Crippen LogP contribution in [0.4, 0.5) is 11.5 Å². The van der Waals surface area contributed by atoms with Crippen LogP contribution in [0, 0.1) is 6.92 Å². The predicted octanol–water partition coefficient (Wildman–Crippen LogP) is 3.04. The second kappa shape index (κ2) is 8.73. The number of rotatable bonds is 5. The van der Waals surface area contributed by atoms with Crippen LogP contribution in [0.1, 0.15) is 55.1 Å². The Morgan fingerprint density at radius 3 is 2.78 bits per heavy atom. The van der Waals surface area contributed by atoms with Gasteiger partial charge < -0.3 is 19.5 Å². The molecular weight excluding hydrogens is 436 g/mol. The molecule has 1 atom stereocenters. The number of benzene rings is 1. The maximum atomic E-state index is 12.8. The van der Waals surface area contributed by atoms with Crippen LogP contribution in [0.3, 0.4) is 0 Å². The summed E-state index contributed by atoms with van der Waals surface area (Å²) in [6.07, 6.45) is 2.56. The molecule has 1 fully saturated rings. The summed E-state index contributed by atoms with van der Waals surface area (Å²) in [5, 5.41) is 6.21. The van der Waals surface area contributed by atoms with Gasteiger partial charge in [0.15, 0.2) is 11.9 Å². The molecule has 2 aliphatic heterocycles. The number of nitrogens with zero attached hydrogens (tertiary/aromatic N) is 3. The van der Waals surface area contributed by atoms with Crippen molar-refractivity contribution in [3.05, 3.63) is 35.6 Å². The van der Waals surface area contributed by atoms with Crippen LogP contribution in [-0.4, -0.2) is 43.9 Å². The fraction of sp³-hybridized carbons (Fsp3) is 0.429. The monoisotopic (exact) mass is 460 g/mol. The average Bonchev–Trinajstić information content (AvgIpc) is 3.02. The number of nitrogens with one attached hydrogen (secondary N) is 1. The normalized spacial score (nSPS) is 17.9. The van der Waals surface area contributed by atoms with E-state index in [0.717, 1.165) is 19.3 Å². The summed E-state index contributed by atoms with van der Waals surface area (Å²) in [4.78, 5) is 27.1. The third-order valence-corrected chi connectivity index (χ3v) is 6.71. The lowest BCUT2D eigenvalue weighted by atomic mass is 10.1. The number of hydrogen-bond acceptors (Lipinski definition) is 8. The van der Waals surface area contributed by atoms with Gasteiger partial charge in [-0.1, -0.05) is 18.5 Å². The first-order valence-corrected chi connectivity index (χ1v) is 11.9. The van der Waals surface area contributed by atoms with Crippen LogP contribution in [0.5, 0.6) is 0 Å². The van der Waals surface area contributed by atoms with Gasteiger partial charge in [0.1, 0.15) is 16.5 Å². The smallest absolute Gasteiger partial charge is 0.338 e. The van der Waals surface area contributed by atoms with Crippen molar-refractivity contribution in [3.8, 4) is 0 Å². The van der Waals surface area contributed by atoms with Gasteiger partial charge in [-0.15, -0.1) is 4.40 Å². The third kappa shape index (κ3) is 4.38. The van der Waals surface area contributed by atoms with E-state index in [1.54, 1.807) is 26.0 Å². The van der Waals surface area contributed by atoms with Crippen molar-refractivity contribution in [2.45, 2.75) is 57.0 Å². The van der Waals surface area contributed by atoms with Crippen molar-refractivity contribution in [1.29, 1.82) is 0 Å². The van der Waals surface area contributed by atoms with Crippen LogP contribution < -0.4 is 10.2 Å². The molecule has 1 aromatic carbocycles. The summed E-state index contributed by atoms with van der Waals surface area (Å²) in [5.74, 6) is -0.0783. The first-order chi connectivity index (χ1) is 15.3. The number of carbonyl (C=O) groups is 2. The SMILES string of the molecule is CC[C@H](OC(=O)c1ccc2c(c1)S(=O)(=O)N=C1CCCCCN12)C(=O)Nc1cc(C)on1. The van der Waals surface area contributed by atoms with Gasteiger partial charge in [-0.25, -0.2) is 4.79 Å². The molecule has 2 aromatic rings. The van der Waals surface area contributed by atoms with Gasteiger partial charge in [0, 0.05) is 19.0 Å². The summed E-state index contributed by atoms with van der Waals surface area (Å²) in [6, 6.07) is 5.92. The minimum atomic E-state index is -3.93. The quantitative estimate of drug-likeness (QED) is 0.674. The molecule has 170 valence electrons. The Hall–Kier alpha value is -3.21. The second-order valence-electron chi connectivity index (χ2n) is 7.74. The van der Waals surface area contributed by atoms with Crippen LogP contribution in [-0.2, 0) is 19.6 Å². The Balaban J connectivity index is 1.54. The van der Waals surface area contributed by atoms with Gasteiger partial charge in [0.05, 0.1) is 11.3 Å². The largest absolute Gasteiger partial charge is 0.449 e. The second-order valence-corrected chi connectivity index (χ2v) is 9.31. The average molecular weight is 461 g/mol. The van der Waals surface area contributed by atoms with E-state index in [9.17, 15) is 18.0 Å². The molecule has 4 rings (SSSR count). The molecule has 1 saturated heterocycles. The number of aryl methyl sites for hydroxylation is 1. The zero-order valence-electron chi connectivity index (χ0n) is 17.8. The Bertz CT molecular complexity index is 1190. The van der Waals surface area contributed by atoms with E-state index < -0.39 is 28.0 Å². The fourth-order valence-corrected chi connectivity index (χ4v) is 5.04. The molecule has 0 radical (unpaired) electrons. The molecule has 1 amide bonds. The van der Waals surface area contributed by atoms with E-state index in [4.69, 9.17) is 9.26 Å². The molecule has 0 unspecified atom stereocenters. The van der Waals surface area contributed by atoms with Gasteiger partial charge in [-0.05, 0) is 44.4 Å². The van der Waals surface area contributed by atoms with E-state index in [0.29, 0.717) is 30.2 Å². The topological polar surface area (TPSA) is 131 Å². The standard InChI is InChI=1S/C21H24N4O6S/c1-3-16(20(26)22-18-11-13(2)31-23-18)30-21(27)14-8-9-15-17(12-14)32(28,29)24-19-7-5-4-6-10-25(15)19/h8-9,11-12,16H,3-7,10H2,1-2H3,(H,22,23,26)/t16-/m0/s1. The summed E-state index contributed by atoms with van der Waals surface area (Å²) in [5.41, 5.74) is 0.545. The molecule has 11 heteroatoms. The van der Waals surface area contributed by atoms with Crippen LogP contribution in [0.15, 0.2) is 38.1 Å². The molecule has 1 aromatic heterocycles. The highest BCUT2D eigenvalue weighted by molar-refractivity contribution is 7.90. The number of esters is 1. The van der Waals surface area contributed by atoms with Gasteiger partial charge in [-0.2, -0.15) is 8.42 Å². The van der Waals surface area contributed by atoms with Gasteiger partial charge >= 0.3 is 5.97 Å². The highest BCUT2D eigenvalue weighted by atomic mass is 32.2. The Morgan fingerprint density at radius 1 is 1.25 bits per heavy atom. The molecular formula is C21H24N4O6S. The van der Waals surface area contributed by atoms with E-state index >= 15 is 0 Å². The molecule has 0 saturated carbocycles. The van der Waals surface area contributed by atoms with E-state index in [-0.39, 0.29) is 22.7 Å². The molecule has 32 heavy (non-hydrogen) atoms. The maximum absolute atomic E-state index is 12.8. The van der Waals surface area contributed by atoms with E-state index in [1.165, 1.54) is 12.1 Å². The minimum absolute atomic E-state index is 0.0318. The molecule has 0 spiro atoms. The van der Waals surface area contributed by atoms with Crippen molar-refractivity contribution < 1.29 is 27.3 Å². The van der Waals surface area contributed by atoms with E-state index in [1.807, 2.05) is 4.90 Å². The van der Waals surface area contributed by atoms with Crippen LogP contribution in [0.25, 0.3) is 0 Å². The number of fused-ring (bicyclic) bond motifs is 3. The number of hydrogen-bond donors (Lipinski definition) is 1. The maximum Gasteiger partial charge on any atom is 0.338 e. The summed E-state index contributed by atoms with van der Waals surface area (Å²) < 4.78 is 39.8. The Kier molecular flexibility index (Phi) is 6.00. The number of amidine groups is 1. The minimum Gasteiger partial charge on any atom is -0.449 e. The molecule has 0 aliphatic carbocycles. The molecule has 0 bridgehead atoms. The number of sulfonamides is 1.